The van der Waals surface area contributed by atoms with Gasteiger partial charge in [-0.15, -0.1) is 0 Å². The average molecular weight is 319 g/mol. The van der Waals surface area contributed by atoms with Crippen molar-refractivity contribution in [1.82, 2.24) is 0 Å². The quantitative estimate of drug-likeness (QED) is 0.503. The third-order valence-electron chi connectivity index (χ3n) is 3.44. The van der Waals surface area contributed by atoms with Gasteiger partial charge in [0.2, 0.25) is 0 Å². The predicted octanol–water partition coefficient (Wildman–Crippen LogP) is -1.26. The van der Waals surface area contributed by atoms with Gasteiger partial charge in [-0.25, -0.2) is 4.79 Å². The zero-order chi connectivity index (χ0) is 17.0. The molecule has 0 saturated heterocycles. The van der Waals surface area contributed by atoms with E-state index in [1.165, 1.54) is 32.1 Å². The van der Waals surface area contributed by atoms with Crippen LogP contribution in [-0.4, -0.2) is 54.1 Å². The van der Waals surface area contributed by atoms with Gasteiger partial charge in [-0.2, -0.15) is 0 Å². The summed E-state index contributed by atoms with van der Waals surface area (Å²) in [6, 6.07) is 0.549. The normalized spacial score (nSPS) is 16.7. The lowest BCUT2D eigenvalue weighted by Gasteiger charge is -2.22. The molecule has 0 aromatic rings. The molecule has 130 valence electrons. The van der Waals surface area contributed by atoms with E-state index < -0.39 is 11.9 Å². The second kappa shape index (κ2) is 12.4. The molecule has 1 rings (SSSR count). The lowest BCUT2D eigenvalue weighted by molar-refractivity contribution is -0.688. The summed E-state index contributed by atoms with van der Waals surface area (Å²) in [5.41, 5.74) is 0. The highest BCUT2D eigenvalue weighted by atomic mass is 16.5. The van der Waals surface area contributed by atoms with E-state index in [2.05, 4.69) is 19.2 Å². The summed E-state index contributed by atoms with van der Waals surface area (Å²) in [7, 11) is 0. The molecule has 22 heavy (non-hydrogen) atoms. The van der Waals surface area contributed by atoms with Gasteiger partial charge in [-0.3, -0.25) is 0 Å². The molecule has 0 bridgehead atoms. The van der Waals surface area contributed by atoms with Crippen LogP contribution in [0.2, 0.25) is 0 Å². The Kier molecular flexibility index (Phi) is 11.7. The summed E-state index contributed by atoms with van der Waals surface area (Å²) in [6.07, 6.45) is 6.42. The lowest BCUT2D eigenvalue weighted by Crippen LogP contribution is -2.90. The largest absolute Gasteiger partial charge is 0.539 e. The van der Waals surface area contributed by atoms with Gasteiger partial charge in [0.1, 0.15) is 12.6 Å². The Morgan fingerprint density at radius 1 is 1.27 bits per heavy atom. The van der Waals surface area contributed by atoms with E-state index in [4.69, 9.17) is 24.5 Å². The van der Waals surface area contributed by atoms with Gasteiger partial charge in [0.15, 0.2) is 5.97 Å². The van der Waals surface area contributed by atoms with Crippen LogP contribution in [0.3, 0.4) is 0 Å². The van der Waals surface area contributed by atoms with E-state index >= 15 is 0 Å². The topological polar surface area (TPSA) is 124 Å². The van der Waals surface area contributed by atoms with Gasteiger partial charge in [0.05, 0.1) is 12.6 Å². The molecule has 0 spiro atoms. The molecular weight excluding hydrogens is 290 g/mol. The smallest absolute Gasteiger partial charge is 0.351 e. The molecule has 0 heterocycles. The molecule has 7 nitrogen and oxygen atoms in total. The third-order valence-corrected chi connectivity index (χ3v) is 3.44. The lowest BCUT2D eigenvalue weighted by atomic mass is 9.90. The first kappa shape index (κ1) is 20.8. The number of rotatable bonds is 7. The SMILES string of the molecule is CC(C)[NH2+]CC(O)COCC1CCCCC1.O=C([O-])C(=O)O. The van der Waals surface area contributed by atoms with E-state index in [9.17, 15) is 5.11 Å². The number of carboxylic acids is 2. The number of carbonyl (C=O) groups excluding carboxylic acids is 1. The maximum Gasteiger partial charge on any atom is 0.351 e. The molecule has 7 heteroatoms. The van der Waals surface area contributed by atoms with Crippen molar-refractivity contribution < 1.29 is 35.0 Å². The maximum atomic E-state index is 9.67. The number of hydrogen-bond donors (Lipinski definition) is 3. The zero-order valence-electron chi connectivity index (χ0n) is 13.5. The highest BCUT2D eigenvalue weighted by Crippen LogP contribution is 2.23. The van der Waals surface area contributed by atoms with E-state index in [1.54, 1.807) is 0 Å². The molecule has 1 aliphatic carbocycles. The molecule has 1 saturated carbocycles. The van der Waals surface area contributed by atoms with Crippen LogP contribution in [0.1, 0.15) is 46.0 Å². The summed E-state index contributed by atoms with van der Waals surface area (Å²) < 4.78 is 5.60. The number of ether oxygens (including phenoxy) is 1. The van der Waals surface area contributed by atoms with Crippen LogP contribution in [0.25, 0.3) is 0 Å². The molecular formula is C15H29NO6. The second-order valence-corrected chi connectivity index (χ2v) is 6.00. The van der Waals surface area contributed by atoms with Crippen molar-refractivity contribution in [2.75, 3.05) is 19.8 Å². The van der Waals surface area contributed by atoms with Crippen LogP contribution in [0.4, 0.5) is 0 Å². The van der Waals surface area contributed by atoms with Crippen molar-refractivity contribution in [1.29, 1.82) is 0 Å². The van der Waals surface area contributed by atoms with Crippen LogP contribution < -0.4 is 10.4 Å². The number of aliphatic carboxylic acids is 2. The van der Waals surface area contributed by atoms with Gasteiger partial charge < -0.3 is 30.2 Å². The molecule has 1 atom stereocenters. The summed E-state index contributed by atoms with van der Waals surface area (Å²) in [6.45, 7) is 6.37. The molecule has 1 aliphatic rings. The van der Waals surface area contributed by atoms with E-state index in [0.717, 1.165) is 19.1 Å². The molecule has 0 amide bonds. The molecule has 0 radical (unpaired) electrons. The predicted molar refractivity (Wildman–Crippen MR) is 78.0 cm³/mol. The molecule has 0 aliphatic heterocycles. The van der Waals surface area contributed by atoms with Crippen molar-refractivity contribution in [3.05, 3.63) is 0 Å². The van der Waals surface area contributed by atoms with Crippen LogP contribution >= 0.6 is 0 Å². The summed E-state index contributed by atoms with van der Waals surface area (Å²) in [5.74, 6) is -3.26. The summed E-state index contributed by atoms with van der Waals surface area (Å²) >= 11 is 0. The Morgan fingerprint density at radius 3 is 2.27 bits per heavy atom. The van der Waals surface area contributed by atoms with E-state index in [-0.39, 0.29) is 6.10 Å². The van der Waals surface area contributed by atoms with E-state index in [1.807, 2.05) is 0 Å². The standard InChI is InChI=1S/C13H27NO2.C2H2O4/c1-11(2)14-8-13(15)10-16-9-12-6-4-3-5-7-12;3-1(4)2(5)6/h11-15H,3-10H2,1-2H3;(H,3,4)(H,5,6). The first-order chi connectivity index (χ1) is 10.3. The monoisotopic (exact) mass is 319 g/mol. The van der Waals surface area contributed by atoms with Crippen molar-refractivity contribution in [3.8, 4) is 0 Å². The van der Waals surface area contributed by atoms with Gasteiger partial charge in [-0.1, -0.05) is 19.3 Å². The molecule has 4 N–H and O–H groups in total. The second-order valence-electron chi connectivity index (χ2n) is 6.00. The van der Waals surface area contributed by atoms with Crippen LogP contribution in [0, 0.1) is 5.92 Å². The van der Waals surface area contributed by atoms with Crippen molar-refractivity contribution >= 4 is 11.9 Å². The fourth-order valence-corrected chi connectivity index (χ4v) is 2.22. The first-order valence-corrected chi connectivity index (χ1v) is 7.86. The number of carbonyl (C=O) groups is 2. The van der Waals surface area contributed by atoms with Crippen molar-refractivity contribution in [2.24, 2.45) is 5.92 Å². The Morgan fingerprint density at radius 2 is 1.82 bits per heavy atom. The minimum atomic E-state index is -2.07. The molecule has 0 aromatic carbocycles. The van der Waals surface area contributed by atoms with Gasteiger partial charge in [-0.05, 0) is 32.6 Å². The molecule has 0 aromatic heterocycles. The number of carboxylic acid groups (broad SMARTS) is 2. The highest BCUT2D eigenvalue weighted by Gasteiger charge is 2.14. The fraction of sp³-hybridized carbons (Fsp3) is 0.867. The average Bonchev–Trinajstić information content (AvgIpc) is 2.47. The Hall–Kier alpha value is -1.18. The molecule has 1 unspecified atom stereocenters. The Labute approximate surface area is 131 Å². The minimum Gasteiger partial charge on any atom is -0.539 e. The maximum absolute atomic E-state index is 9.67. The van der Waals surface area contributed by atoms with Crippen LogP contribution in [-0.2, 0) is 14.3 Å². The highest BCUT2D eigenvalue weighted by molar-refractivity contribution is 6.26. The zero-order valence-corrected chi connectivity index (χ0v) is 13.5. The van der Waals surface area contributed by atoms with Gasteiger partial charge >= 0.3 is 5.97 Å². The van der Waals surface area contributed by atoms with Crippen molar-refractivity contribution in [2.45, 2.75) is 58.1 Å². The number of quaternary nitrogens is 1. The number of nitrogens with two attached hydrogens (primary N) is 1. The van der Waals surface area contributed by atoms with Crippen LogP contribution in [0.5, 0.6) is 0 Å². The minimum absolute atomic E-state index is 0.314. The Balaban J connectivity index is 0.000000626. The Bertz CT molecular complexity index is 303. The molecule has 1 fully saturated rings. The van der Waals surface area contributed by atoms with Gasteiger partial charge in [0, 0.05) is 6.61 Å². The summed E-state index contributed by atoms with van der Waals surface area (Å²) in [4.78, 5) is 18.0. The van der Waals surface area contributed by atoms with E-state index in [0.29, 0.717) is 12.6 Å². The number of hydrogen-bond acceptors (Lipinski definition) is 5. The summed E-state index contributed by atoms with van der Waals surface area (Å²) in [5, 5.41) is 28.1. The fourth-order valence-electron chi connectivity index (χ4n) is 2.22. The third kappa shape index (κ3) is 12.6. The number of aliphatic hydroxyl groups is 1. The number of aliphatic hydroxyl groups excluding tert-OH is 1. The van der Waals surface area contributed by atoms with Gasteiger partial charge in [0.25, 0.3) is 0 Å². The first-order valence-electron chi connectivity index (χ1n) is 7.86. The van der Waals surface area contributed by atoms with Crippen molar-refractivity contribution in [3.63, 3.8) is 0 Å². The van der Waals surface area contributed by atoms with Crippen LogP contribution in [0.15, 0.2) is 0 Å².